The summed E-state index contributed by atoms with van der Waals surface area (Å²) in [5.41, 5.74) is 2.25. The predicted molar refractivity (Wildman–Crippen MR) is 117 cm³/mol. The maximum atomic E-state index is 12.8. The number of likely N-dealkylation sites (tertiary alicyclic amines) is 1. The minimum atomic E-state index is -0.105. The van der Waals surface area contributed by atoms with Crippen molar-refractivity contribution in [2.45, 2.75) is 44.6 Å². The number of aromatic amines is 1. The van der Waals surface area contributed by atoms with Crippen LogP contribution in [0.15, 0.2) is 29.1 Å². The average molecular weight is 437 g/mol. The molecule has 2 aromatic rings. The number of amides is 2. The molecule has 0 bridgehead atoms. The van der Waals surface area contributed by atoms with Gasteiger partial charge in [0.2, 0.25) is 11.8 Å². The fourth-order valence-corrected chi connectivity index (χ4v) is 4.67. The van der Waals surface area contributed by atoms with Crippen molar-refractivity contribution in [3.63, 3.8) is 0 Å². The fourth-order valence-electron chi connectivity index (χ4n) is 4.67. The van der Waals surface area contributed by atoms with Crippen LogP contribution in [0, 0.1) is 5.92 Å². The van der Waals surface area contributed by atoms with Gasteiger partial charge in [-0.2, -0.15) is 0 Å². The molecule has 0 spiro atoms. The van der Waals surface area contributed by atoms with Crippen LogP contribution in [0.25, 0.3) is 0 Å². The number of H-pyrrole nitrogens is 1. The zero-order valence-electron chi connectivity index (χ0n) is 18.3. The third kappa shape index (κ3) is 4.13. The summed E-state index contributed by atoms with van der Waals surface area (Å²) in [6.45, 7) is 2.19. The van der Waals surface area contributed by atoms with Crippen LogP contribution in [0.4, 0.5) is 0 Å². The molecule has 1 unspecified atom stereocenters. The van der Waals surface area contributed by atoms with E-state index in [9.17, 15) is 14.4 Å². The summed E-state index contributed by atoms with van der Waals surface area (Å²) in [5, 5.41) is 0. The Labute approximate surface area is 186 Å². The first kappa shape index (κ1) is 20.7. The summed E-state index contributed by atoms with van der Waals surface area (Å²) in [5.74, 6) is 1.83. The summed E-state index contributed by atoms with van der Waals surface area (Å²) in [4.78, 5) is 49.3. The fraction of sp³-hybridized carbons (Fsp3) is 0.500. The highest BCUT2D eigenvalue weighted by molar-refractivity contribution is 5.81. The molecule has 1 atom stereocenters. The highest BCUT2D eigenvalue weighted by atomic mass is 16.5. The van der Waals surface area contributed by atoms with E-state index < -0.39 is 0 Å². The molecule has 2 fully saturated rings. The van der Waals surface area contributed by atoms with Crippen LogP contribution < -0.4 is 10.3 Å². The van der Waals surface area contributed by atoms with Crippen molar-refractivity contribution in [2.75, 3.05) is 26.7 Å². The molecule has 2 amide bonds. The van der Waals surface area contributed by atoms with Crippen LogP contribution in [0.5, 0.6) is 5.75 Å². The van der Waals surface area contributed by atoms with Crippen molar-refractivity contribution in [1.82, 2.24) is 19.8 Å². The van der Waals surface area contributed by atoms with E-state index in [4.69, 9.17) is 9.72 Å². The molecule has 1 aromatic carbocycles. The number of benzene rings is 1. The van der Waals surface area contributed by atoms with Gasteiger partial charge in [-0.3, -0.25) is 14.4 Å². The van der Waals surface area contributed by atoms with Crippen LogP contribution in [0.1, 0.15) is 47.8 Å². The van der Waals surface area contributed by atoms with Gasteiger partial charge in [0.25, 0.3) is 5.56 Å². The van der Waals surface area contributed by atoms with E-state index in [1.807, 2.05) is 34.1 Å². The first-order valence-electron chi connectivity index (χ1n) is 11.3. The zero-order chi connectivity index (χ0) is 22.2. The smallest absolute Gasteiger partial charge is 0.254 e. The molecular formula is C24H28N4O4. The number of hydrogen-bond acceptors (Lipinski definition) is 5. The molecule has 2 aliphatic heterocycles. The maximum Gasteiger partial charge on any atom is 0.254 e. The Balaban J connectivity index is 1.26. The van der Waals surface area contributed by atoms with Gasteiger partial charge in [-0.1, -0.05) is 12.1 Å². The van der Waals surface area contributed by atoms with E-state index in [0.29, 0.717) is 56.1 Å². The van der Waals surface area contributed by atoms with E-state index in [-0.39, 0.29) is 29.2 Å². The van der Waals surface area contributed by atoms with E-state index in [0.717, 1.165) is 30.6 Å². The number of methoxy groups -OCH3 is 1. The summed E-state index contributed by atoms with van der Waals surface area (Å²) >= 11 is 0. The standard InChI is InChI=1S/C24H28N4O4/c1-32-18-6-2-15(3-7-18)12-21(29)27-10-8-17(13-27)22-25-20-14-28(24(31)16-4-5-16)11-9-19(20)23(30)26-22/h2-3,6-7,16-17H,4-5,8-14H2,1H3,(H,25,26,30). The van der Waals surface area contributed by atoms with Crippen molar-refractivity contribution in [3.8, 4) is 5.75 Å². The van der Waals surface area contributed by atoms with E-state index >= 15 is 0 Å². The van der Waals surface area contributed by atoms with Crippen molar-refractivity contribution < 1.29 is 14.3 Å². The Kier molecular flexibility index (Phi) is 5.45. The number of aromatic nitrogens is 2. The van der Waals surface area contributed by atoms with Gasteiger partial charge in [-0.15, -0.1) is 0 Å². The second kappa shape index (κ2) is 8.41. The Bertz CT molecular complexity index is 1090. The van der Waals surface area contributed by atoms with Gasteiger partial charge < -0.3 is 19.5 Å². The molecule has 1 saturated heterocycles. The monoisotopic (exact) mass is 436 g/mol. The van der Waals surface area contributed by atoms with Crippen LogP contribution in [-0.2, 0) is 29.0 Å². The highest BCUT2D eigenvalue weighted by Gasteiger charge is 2.36. The molecule has 8 nitrogen and oxygen atoms in total. The third-order valence-corrected chi connectivity index (χ3v) is 6.77. The zero-order valence-corrected chi connectivity index (χ0v) is 18.3. The molecular weight excluding hydrogens is 408 g/mol. The van der Waals surface area contributed by atoms with Gasteiger partial charge in [0, 0.05) is 37.0 Å². The quantitative estimate of drug-likeness (QED) is 0.769. The first-order chi connectivity index (χ1) is 15.5. The number of carbonyl (C=O) groups excluding carboxylic acids is 2. The summed E-state index contributed by atoms with van der Waals surface area (Å²) < 4.78 is 5.17. The van der Waals surface area contributed by atoms with E-state index in [2.05, 4.69) is 4.98 Å². The number of rotatable bonds is 5. The molecule has 5 rings (SSSR count). The van der Waals surface area contributed by atoms with Gasteiger partial charge in [0.15, 0.2) is 0 Å². The van der Waals surface area contributed by atoms with Gasteiger partial charge >= 0.3 is 0 Å². The summed E-state index contributed by atoms with van der Waals surface area (Å²) in [6.07, 6.45) is 3.59. The van der Waals surface area contributed by atoms with Crippen molar-refractivity contribution in [1.29, 1.82) is 0 Å². The molecule has 168 valence electrons. The van der Waals surface area contributed by atoms with Crippen molar-refractivity contribution in [2.24, 2.45) is 5.92 Å². The van der Waals surface area contributed by atoms with E-state index in [1.54, 1.807) is 7.11 Å². The molecule has 3 aliphatic rings. The predicted octanol–water partition coefficient (Wildman–Crippen LogP) is 1.63. The number of nitrogens with zero attached hydrogens (tertiary/aromatic N) is 3. The second-order valence-corrected chi connectivity index (χ2v) is 9.01. The van der Waals surface area contributed by atoms with Gasteiger partial charge in [0.1, 0.15) is 11.6 Å². The van der Waals surface area contributed by atoms with Crippen LogP contribution in [-0.4, -0.2) is 58.3 Å². The molecule has 1 N–H and O–H groups in total. The van der Waals surface area contributed by atoms with Crippen LogP contribution in [0.2, 0.25) is 0 Å². The number of hydrogen-bond donors (Lipinski definition) is 1. The molecule has 1 aliphatic carbocycles. The second-order valence-electron chi connectivity index (χ2n) is 9.01. The largest absolute Gasteiger partial charge is 0.497 e. The maximum absolute atomic E-state index is 12.8. The number of fused-ring (bicyclic) bond motifs is 1. The SMILES string of the molecule is COc1ccc(CC(=O)N2CCC(c3nc4c(c(=O)[nH]3)CCN(C(=O)C3CC3)C4)C2)cc1. The first-order valence-corrected chi connectivity index (χ1v) is 11.3. The Hall–Kier alpha value is -3.16. The number of ether oxygens (including phenoxy) is 1. The number of nitrogens with one attached hydrogen (secondary N) is 1. The lowest BCUT2D eigenvalue weighted by atomic mass is 10.0. The summed E-state index contributed by atoms with van der Waals surface area (Å²) in [7, 11) is 1.62. The molecule has 1 aromatic heterocycles. The lowest BCUT2D eigenvalue weighted by Crippen LogP contribution is -2.40. The lowest BCUT2D eigenvalue weighted by Gasteiger charge is -2.28. The normalized spacial score (nSPS) is 20.2. The van der Waals surface area contributed by atoms with Crippen LogP contribution >= 0.6 is 0 Å². The van der Waals surface area contributed by atoms with Gasteiger partial charge in [-0.25, -0.2) is 4.98 Å². The van der Waals surface area contributed by atoms with Crippen LogP contribution in [0.3, 0.4) is 0 Å². The molecule has 8 heteroatoms. The molecule has 32 heavy (non-hydrogen) atoms. The van der Waals surface area contributed by atoms with E-state index in [1.165, 1.54) is 0 Å². The minimum Gasteiger partial charge on any atom is -0.497 e. The Morgan fingerprint density at radius 2 is 1.91 bits per heavy atom. The minimum absolute atomic E-state index is 0.00216. The highest BCUT2D eigenvalue weighted by Crippen LogP contribution is 2.32. The molecule has 3 heterocycles. The number of carbonyl (C=O) groups is 2. The molecule has 0 radical (unpaired) electrons. The summed E-state index contributed by atoms with van der Waals surface area (Å²) in [6, 6.07) is 7.52. The van der Waals surface area contributed by atoms with Crippen molar-refractivity contribution in [3.05, 3.63) is 57.3 Å². The van der Waals surface area contributed by atoms with Gasteiger partial charge in [-0.05, 0) is 43.4 Å². The average Bonchev–Trinajstić information content (AvgIpc) is 3.54. The molecule has 1 saturated carbocycles. The Morgan fingerprint density at radius 1 is 1.12 bits per heavy atom. The van der Waals surface area contributed by atoms with Gasteiger partial charge in [0.05, 0.1) is 25.8 Å². The van der Waals surface area contributed by atoms with Crippen molar-refractivity contribution >= 4 is 11.8 Å². The Morgan fingerprint density at radius 3 is 2.62 bits per heavy atom. The lowest BCUT2D eigenvalue weighted by molar-refractivity contribution is -0.133. The third-order valence-electron chi connectivity index (χ3n) is 6.77. The topological polar surface area (TPSA) is 95.6 Å².